The quantitative estimate of drug-likeness (QED) is 0.508. The molecule has 3 heterocycles. The lowest BCUT2D eigenvalue weighted by Crippen LogP contribution is -2.47. The zero-order chi connectivity index (χ0) is 23.4. The average Bonchev–Trinajstić information content (AvgIpc) is 3.48. The molecule has 0 fully saturated rings. The molecule has 0 saturated heterocycles. The van der Waals surface area contributed by atoms with Crippen molar-refractivity contribution in [3.63, 3.8) is 0 Å². The maximum atomic E-state index is 12.8. The van der Waals surface area contributed by atoms with E-state index in [1.807, 2.05) is 30.3 Å². The summed E-state index contributed by atoms with van der Waals surface area (Å²) >= 11 is 1.21. The van der Waals surface area contributed by atoms with Crippen LogP contribution in [-0.4, -0.2) is 36.2 Å². The number of amides is 2. The van der Waals surface area contributed by atoms with E-state index in [-0.39, 0.29) is 24.5 Å². The predicted octanol–water partition coefficient (Wildman–Crippen LogP) is 3.74. The molecule has 9 nitrogen and oxygen atoms in total. The molecular formula is C23H21N3O6S. The molecule has 0 saturated carbocycles. The van der Waals surface area contributed by atoms with Gasteiger partial charge in [-0.05, 0) is 26.0 Å². The molecule has 1 unspecified atom stereocenters. The summed E-state index contributed by atoms with van der Waals surface area (Å²) in [7, 11) is 0. The zero-order valence-electron chi connectivity index (χ0n) is 17.9. The third-order valence-electron chi connectivity index (χ3n) is 4.83. The molecule has 1 aromatic carbocycles. The predicted molar refractivity (Wildman–Crippen MR) is 119 cm³/mol. The molecule has 0 aliphatic carbocycles. The highest BCUT2D eigenvalue weighted by atomic mass is 32.1. The summed E-state index contributed by atoms with van der Waals surface area (Å²) in [5.41, 5.74) is 1.65. The number of furan rings is 1. The Balaban J connectivity index is 1.59. The van der Waals surface area contributed by atoms with Crippen molar-refractivity contribution in [1.82, 2.24) is 15.6 Å². The van der Waals surface area contributed by atoms with Crippen LogP contribution in [0.4, 0.5) is 4.79 Å². The molecule has 1 aliphatic rings. The Morgan fingerprint density at radius 3 is 2.61 bits per heavy atom. The van der Waals surface area contributed by atoms with Crippen molar-refractivity contribution in [1.29, 1.82) is 0 Å². The van der Waals surface area contributed by atoms with Crippen LogP contribution >= 0.6 is 11.3 Å². The van der Waals surface area contributed by atoms with Crippen LogP contribution in [0, 0.1) is 6.92 Å². The summed E-state index contributed by atoms with van der Waals surface area (Å²) in [6, 6.07) is 11.3. The average molecular weight is 468 g/mol. The maximum Gasteiger partial charge on any atom is 0.350 e. The molecule has 10 heteroatoms. The summed E-state index contributed by atoms with van der Waals surface area (Å²) in [5, 5.41) is 5.88. The minimum absolute atomic E-state index is 0.102. The number of aromatic nitrogens is 1. The van der Waals surface area contributed by atoms with Crippen molar-refractivity contribution in [3.8, 4) is 10.6 Å². The number of carbonyl (C=O) groups is 3. The SMILES string of the molecule is CCOC(=O)C1=C(COC(=O)c2sc(-c3ccccc3)nc2C)NC(=O)NC1c1ccco1. The number of hydrogen-bond donors (Lipinski definition) is 2. The largest absolute Gasteiger partial charge is 0.467 e. The van der Waals surface area contributed by atoms with E-state index < -0.39 is 24.0 Å². The van der Waals surface area contributed by atoms with E-state index >= 15 is 0 Å². The smallest absolute Gasteiger partial charge is 0.350 e. The Kier molecular flexibility index (Phi) is 6.55. The molecule has 2 N–H and O–H groups in total. The molecule has 0 radical (unpaired) electrons. The minimum Gasteiger partial charge on any atom is -0.467 e. The molecule has 2 aromatic heterocycles. The third-order valence-corrected chi connectivity index (χ3v) is 6.01. The van der Waals surface area contributed by atoms with Gasteiger partial charge in [0.2, 0.25) is 0 Å². The van der Waals surface area contributed by atoms with Crippen LogP contribution in [0.1, 0.15) is 34.1 Å². The van der Waals surface area contributed by atoms with Gasteiger partial charge in [-0.3, -0.25) is 0 Å². The van der Waals surface area contributed by atoms with Crippen molar-refractivity contribution >= 4 is 29.3 Å². The highest BCUT2D eigenvalue weighted by Crippen LogP contribution is 2.30. The van der Waals surface area contributed by atoms with Gasteiger partial charge in [0.25, 0.3) is 0 Å². The fourth-order valence-electron chi connectivity index (χ4n) is 3.34. The van der Waals surface area contributed by atoms with Crippen LogP contribution in [0.15, 0.2) is 64.4 Å². The summed E-state index contributed by atoms with van der Waals surface area (Å²) in [4.78, 5) is 42.5. The summed E-state index contributed by atoms with van der Waals surface area (Å²) in [6.07, 6.45) is 1.43. The number of esters is 2. The Hall–Kier alpha value is -3.92. The normalized spacial score (nSPS) is 15.6. The topological polar surface area (TPSA) is 120 Å². The fourth-order valence-corrected chi connectivity index (χ4v) is 4.31. The standard InChI is InChI=1S/C23H21N3O6S/c1-3-30-21(27)17-15(25-23(29)26-18(17)16-10-7-11-31-16)12-32-22(28)19-13(2)24-20(33-19)14-8-5-4-6-9-14/h4-11,18H,3,12H2,1-2H3,(H2,25,26,29). The molecule has 170 valence electrons. The summed E-state index contributed by atoms with van der Waals surface area (Å²) in [5.74, 6) is -0.912. The molecule has 3 aromatic rings. The van der Waals surface area contributed by atoms with Gasteiger partial charge in [0.15, 0.2) is 0 Å². The summed E-state index contributed by atoms with van der Waals surface area (Å²) < 4.78 is 16.0. The minimum atomic E-state index is -0.878. The van der Waals surface area contributed by atoms with Gasteiger partial charge in [0, 0.05) is 5.56 Å². The van der Waals surface area contributed by atoms with Crippen molar-refractivity contribution in [3.05, 3.63) is 76.3 Å². The number of rotatable bonds is 7. The monoisotopic (exact) mass is 467 g/mol. The molecular weight excluding hydrogens is 446 g/mol. The van der Waals surface area contributed by atoms with E-state index in [1.165, 1.54) is 17.6 Å². The van der Waals surface area contributed by atoms with E-state index in [0.29, 0.717) is 21.3 Å². The number of thiazole rings is 1. The molecule has 0 spiro atoms. The number of urea groups is 1. The number of ether oxygens (including phenoxy) is 2. The maximum absolute atomic E-state index is 12.8. The fraction of sp³-hybridized carbons (Fsp3) is 0.217. The van der Waals surface area contributed by atoms with E-state index in [4.69, 9.17) is 13.9 Å². The van der Waals surface area contributed by atoms with Crippen molar-refractivity contribution in [2.45, 2.75) is 19.9 Å². The number of carbonyl (C=O) groups excluding carboxylic acids is 3. The highest BCUT2D eigenvalue weighted by molar-refractivity contribution is 7.17. The number of hydrogen-bond acceptors (Lipinski definition) is 8. The summed E-state index contributed by atoms with van der Waals surface area (Å²) in [6.45, 7) is 3.19. The van der Waals surface area contributed by atoms with Crippen LogP contribution in [0.25, 0.3) is 10.6 Å². The van der Waals surface area contributed by atoms with Gasteiger partial charge in [-0.25, -0.2) is 19.4 Å². The first-order chi connectivity index (χ1) is 16.0. The molecule has 1 aliphatic heterocycles. The van der Waals surface area contributed by atoms with Crippen LogP contribution < -0.4 is 10.6 Å². The van der Waals surface area contributed by atoms with Crippen LogP contribution in [0.3, 0.4) is 0 Å². The van der Waals surface area contributed by atoms with Crippen molar-refractivity contribution in [2.75, 3.05) is 13.2 Å². The second kappa shape index (κ2) is 9.70. The lowest BCUT2D eigenvalue weighted by Gasteiger charge is -2.27. The Morgan fingerprint density at radius 1 is 1.12 bits per heavy atom. The van der Waals surface area contributed by atoms with Crippen molar-refractivity contribution < 1.29 is 28.3 Å². The Labute approximate surface area is 193 Å². The number of aryl methyl sites for hydroxylation is 1. The number of nitrogens with one attached hydrogen (secondary N) is 2. The first-order valence-electron chi connectivity index (χ1n) is 10.2. The second-order valence-electron chi connectivity index (χ2n) is 7.04. The van der Waals surface area contributed by atoms with Gasteiger partial charge in [-0.1, -0.05) is 30.3 Å². The zero-order valence-corrected chi connectivity index (χ0v) is 18.7. The lowest BCUT2D eigenvalue weighted by atomic mass is 10.0. The van der Waals surface area contributed by atoms with E-state index in [0.717, 1.165) is 5.56 Å². The molecule has 0 bridgehead atoms. The highest BCUT2D eigenvalue weighted by Gasteiger charge is 2.36. The number of benzene rings is 1. The Bertz CT molecular complexity index is 1200. The van der Waals surface area contributed by atoms with Gasteiger partial charge in [-0.15, -0.1) is 11.3 Å². The molecule has 33 heavy (non-hydrogen) atoms. The van der Waals surface area contributed by atoms with Crippen LogP contribution in [0.5, 0.6) is 0 Å². The molecule has 2 amide bonds. The first kappa shape index (κ1) is 22.3. The van der Waals surface area contributed by atoms with Gasteiger partial charge >= 0.3 is 18.0 Å². The van der Waals surface area contributed by atoms with Gasteiger partial charge < -0.3 is 24.5 Å². The first-order valence-corrected chi connectivity index (χ1v) is 11.0. The van der Waals surface area contributed by atoms with Gasteiger partial charge in [-0.2, -0.15) is 0 Å². The second-order valence-corrected chi connectivity index (χ2v) is 8.03. The van der Waals surface area contributed by atoms with Gasteiger partial charge in [0.1, 0.15) is 28.3 Å². The van der Waals surface area contributed by atoms with Gasteiger partial charge in [0.05, 0.1) is 29.8 Å². The molecule has 4 rings (SSSR count). The molecule has 1 atom stereocenters. The van der Waals surface area contributed by atoms with Crippen molar-refractivity contribution in [2.24, 2.45) is 0 Å². The van der Waals surface area contributed by atoms with Crippen LogP contribution in [-0.2, 0) is 14.3 Å². The van der Waals surface area contributed by atoms with E-state index in [1.54, 1.807) is 26.0 Å². The third kappa shape index (κ3) is 4.80. The van der Waals surface area contributed by atoms with Crippen LogP contribution in [0.2, 0.25) is 0 Å². The number of nitrogens with zero attached hydrogens (tertiary/aromatic N) is 1. The lowest BCUT2D eigenvalue weighted by molar-refractivity contribution is -0.139. The Morgan fingerprint density at radius 2 is 1.91 bits per heavy atom. The van der Waals surface area contributed by atoms with E-state index in [2.05, 4.69) is 15.6 Å². The van der Waals surface area contributed by atoms with E-state index in [9.17, 15) is 14.4 Å².